The van der Waals surface area contributed by atoms with E-state index in [4.69, 9.17) is 4.74 Å². The summed E-state index contributed by atoms with van der Waals surface area (Å²) in [6.45, 7) is -0.195. The van der Waals surface area contributed by atoms with Crippen molar-refractivity contribution in [3.8, 4) is 0 Å². The van der Waals surface area contributed by atoms with E-state index >= 15 is 0 Å². The number of ether oxygens (including phenoxy) is 1. The van der Waals surface area contributed by atoms with Crippen LogP contribution in [-0.2, 0) is 41.0 Å². The van der Waals surface area contributed by atoms with Gasteiger partial charge in [0.2, 0.25) is 5.91 Å². The maximum Gasteiger partial charge on any atom is 0.435 e. The first-order valence-corrected chi connectivity index (χ1v) is 14.9. The van der Waals surface area contributed by atoms with Crippen molar-refractivity contribution in [2.45, 2.75) is 71.5 Å². The minimum absolute atomic E-state index is 0.0288. The van der Waals surface area contributed by atoms with Crippen LogP contribution in [0.4, 0.5) is 35.1 Å². The molecule has 4 atom stereocenters. The molecule has 0 N–H and O–H groups in total. The molecule has 7 nitrogen and oxygen atoms in total. The summed E-state index contributed by atoms with van der Waals surface area (Å²) >= 11 is 0. The molecule has 3 aliphatic rings. The van der Waals surface area contributed by atoms with Crippen molar-refractivity contribution >= 4 is 21.7 Å². The van der Waals surface area contributed by atoms with E-state index in [1.54, 1.807) is 0 Å². The summed E-state index contributed by atoms with van der Waals surface area (Å²) in [6, 6.07) is 2.87. The van der Waals surface area contributed by atoms with Crippen LogP contribution < -0.4 is 0 Å². The van der Waals surface area contributed by atoms with Crippen LogP contribution in [0.25, 0.3) is 0 Å². The molecule has 240 valence electrons. The maximum atomic E-state index is 15.0. The molecule has 0 aromatic heterocycles. The van der Waals surface area contributed by atoms with Gasteiger partial charge >= 0.3 is 18.0 Å². The first-order chi connectivity index (χ1) is 20.3. The molecule has 2 amide bonds. The van der Waals surface area contributed by atoms with Gasteiger partial charge in [-0.15, -0.1) is 0 Å². The summed E-state index contributed by atoms with van der Waals surface area (Å²) < 4.78 is 142. The van der Waals surface area contributed by atoms with Crippen molar-refractivity contribution < 1.29 is 57.9 Å². The molecule has 16 heteroatoms. The van der Waals surface area contributed by atoms with Gasteiger partial charge in [0.15, 0.2) is 9.84 Å². The van der Waals surface area contributed by atoms with Gasteiger partial charge < -0.3 is 14.5 Å². The summed E-state index contributed by atoms with van der Waals surface area (Å²) in [5.74, 6) is -1.85. The SMILES string of the molecule is CO[C@H]1C[C@@H](C(=O)N2CC[C@]3(S(=O)(=O)c4ccc(F)cc4)c4ccc(C(F)(C(F)(F)F)C(F)(F)F)cc4CC[C@H]23)N(C)C1=O. The average Bonchev–Trinajstić information content (AvgIpc) is 3.49. The minimum atomic E-state index is -6.38. The number of amides is 2. The minimum Gasteiger partial charge on any atom is -0.372 e. The number of carbonyl (C=O) groups is 2. The van der Waals surface area contributed by atoms with Crippen molar-refractivity contribution in [2.24, 2.45) is 0 Å². The van der Waals surface area contributed by atoms with E-state index in [1.807, 2.05) is 0 Å². The molecule has 2 aromatic rings. The largest absolute Gasteiger partial charge is 0.435 e. The number of halogens is 8. The number of methoxy groups -OCH3 is 1. The number of rotatable bonds is 5. The third kappa shape index (κ3) is 4.42. The van der Waals surface area contributed by atoms with Crippen LogP contribution in [0.3, 0.4) is 0 Å². The van der Waals surface area contributed by atoms with Gasteiger partial charge in [0.25, 0.3) is 5.91 Å². The zero-order valence-electron chi connectivity index (χ0n) is 23.2. The Morgan fingerprint density at radius 2 is 1.61 bits per heavy atom. The van der Waals surface area contributed by atoms with Gasteiger partial charge in [-0.3, -0.25) is 9.59 Å². The standard InChI is InChI=1S/C28H26F8N2O5S/c1-37-20(14-21(43-2)24(37)40)23(39)38-12-11-25(44(41,42)18-7-5-17(29)6-8-18)19-9-4-16(13-15(19)3-10-22(25)38)26(30,27(31,32)33)28(34,35)36/h4-9,13,20-22H,3,10-12,14H2,1-2H3/t20-,21-,22-,25-/m0/s1. The number of benzene rings is 2. The van der Waals surface area contributed by atoms with E-state index in [2.05, 4.69) is 0 Å². The Bertz CT molecular complexity index is 1580. The lowest BCUT2D eigenvalue weighted by Crippen LogP contribution is -2.55. The fourth-order valence-electron chi connectivity index (χ4n) is 6.82. The molecule has 2 fully saturated rings. The number of fused-ring (bicyclic) bond motifs is 3. The molecule has 0 radical (unpaired) electrons. The van der Waals surface area contributed by atoms with Crippen molar-refractivity contribution in [2.75, 3.05) is 20.7 Å². The van der Waals surface area contributed by atoms with Crippen LogP contribution in [0.2, 0.25) is 0 Å². The highest BCUT2D eigenvalue weighted by molar-refractivity contribution is 7.92. The van der Waals surface area contributed by atoms with Crippen LogP contribution in [0.15, 0.2) is 47.4 Å². The number of nitrogens with zero attached hydrogens (tertiary/aromatic N) is 2. The van der Waals surface area contributed by atoms with E-state index in [9.17, 15) is 53.1 Å². The highest BCUT2D eigenvalue weighted by Crippen LogP contribution is 2.57. The third-order valence-electron chi connectivity index (χ3n) is 9.05. The molecule has 0 unspecified atom stereocenters. The van der Waals surface area contributed by atoms with Gasteiger partial charge in [-0.05, 0) is 54.7 Å². The molecule has 5 rings (SSSR count). The Kier molecular flexibility index (Phi) is 7.59. The number of likely N-dealkylation sites (tertiary alicyclic amines) is 2. The number of alkyl halides is 7. The molecule has 0 spiro atoms. The number of carbonyl (C=O) groups excluding carboxylic acids is 2. The Balaban J connectivity index is 1.67. The first kappa shape index (κ1) is 32.1. The topological polar surface area (TPSA) is 84.0 Å². The lowest BCUT2D eigenvalue weighted by molar-refractivity contribution is -0.348. The molecule has 2 saturated heterocycles. The smallest absolute Gasteiger partial charge is 0.372 e. The Hall–Kier alpha value is -3.27. The van der Waals surface area contributed by atoms with Gasteiger partial charge in [-0.25, -0.2) is 17.2 Å². The predicted octanol–water partition coefficient (Wildman–Crippen LogP) is 4.58. The first-order valence-electron chi connectivity index (χ1n) is 13.4. The fourth-order valence-corrected chi connectivity index (χ4v) is 9.18. The molecule has 1 aliphatic carbocycles. The molecular weight excluding hydrogens is 628 g/mol. The van der Waals surface area contributed by atoms with Crippen LogP contribution in [-0.4, -0.2) is 81.3 Å². The van der Waals surface area contributed by atoms with Crippen LogP contribution >= 0.6 is 0 Å². The molecule has 44 heavy (non-hydrogen) atoms. The monoisotopic (exact) mass is 654 g/mol. The summed E-state index contributed by atoms with van der Waals surface area (Å²) in [5.41, 5.74) is -7.94. The van der Waals surface area contributed by atoms with Gasteiger partial charge in [-0.2, -0.15) is 26.3 Å². The molecule has 2 heterocycles. The Labute approximate surface area is 246 Å². The number of sulfone groups is 1. The normalized spacial score (nSPS) is 26.1. The molecule has 2 aliphatic heterocycles. The van der Waals surface area contributed by atoms with E-state index in [0.29, 0.717) is 6.07 Å². The molecule has 0 saturated carbocycles. The van der Waals surface area contributed by atoms with Crippen molar-refractivity contribution in [3.63, 3.8) is 0 Å². The van der Waals surface area contributed by atoms with E-state index < -0.39 is 78.9 Å². The lowest BCUT2D eigenvalue weighted by Gasteiger charge is -2.43. The second-order valence-electron chi connectivity index (χ2n) is 11.1. The van der Waals surface area contributed by atoms with Gasteiger partial charge in [0, 0.05) is 32.7 Å². The fraction of sp³-hybridized carbons (Fsp3) is 0.500. The van der Waals surface area contributed by atoms with Gasteiger partial charge in [0.05, 0.1) is 10.9 Å². The number of aryl methyl sites for hydroxylation is 1. The van der Waals surface area contributed by atoms with E-state index in [1.165, 1.54) is 24.0 Å². The molecule has 0 bridgehead atoms. The lowest BCUT2D eigenvalue weighted by atomic mass is 9.76. The number of hydrogen-bond donors (Lipinski definition) is 0. The second-order valence-corrected chi connectivity index (χ2v) is 13.3. The highest BCUT2D eigenvalue weighted by Gasteiger charge is 2.74. The summed E-state index contributed by atoms with van der Waals surface area (Å²) in [6.07, 6.45) is -14.5. The van der Waals surface area contributed by atoms with Crippen LogP contribution in [0.5, 0.6) is 0 Å². The average molecular weight is 655 g/mol. The third-order valence-corrected chi connectivity index (χ3v) is 11.6. The van der Waals surface area contributed by atoms with Gasteiger partial charge in [0.1, 0.15) is 22.7 Å². The summed E-state index contributed by atoms with van der Waals surface area (Å²) in [5, 5.41) is 0. The van der Waals surface area contributed by atoms with Crippen LogP contribution in [0, 0.1) is 5.82 Å². The molecule has 2 aromatic carbocycles. The van der Waals surface area contributed by atoms with Crippen molar-refractivity contribution in [1.82, 2.24) is 9.80 Å². The quantitative estimate of drug-likeness (QED) is 0.349. The zero-order valence-corrected chi connectivity index (χ0v) is 24.0. The van der Waals surface area contributed by atoms with E-state index in [0.717, 1.165) is 30.3 Å². The Morgan fingerprint density at radius 3 is 2.16 bits per heavy atom. The summed E-state index contributed by atoms with van der Waals surface area (Å²) in [7, 11) is -1.96. The van der Waals surface area contributed by atoms with Crippen LogP contribution in [0.1, 0.15) is 36.0 Å². The predicted molar refractivity (Wildman–Crippen MR) is 137 cm³/mol. The van der Waals surface area contributed by atoms with Gasteiger partial charge in [-0.1, -0.05) is 18.2 Å². The highest BCUT2D eigenvalue weighted by atomic mass is 32.2. The van der Waals surface area contributed by atoms with Crippen molar-refractivity contribution in [3.05, 3.63) is 65.0 Å². The number of hydrogen-bond acceptors (Lipinski definition) is 5. The zero-order chi connectivity index (χ0) is 32.6. The second kappa shape index (κ2) is 10.4. The Morgan fingerprint density at radius 1 is 1.00 bits per heavy atom. The summed E-state index contributed by atoms with van der Waals surface area (Å²) in [4.78, 5) is 28.4. The maximum absolute atomic E-state index is 15.0. The van der Waals surface area contributed by atoms with Crippen molar-refractivity contribution in [1.29, 1.82) is 0 Å². The number of likely N-dealkylation sites (N-methyl/N-ethyl adjacent to an activating group) is 1. The molecular formula is C28H26F8N2O5S. The van der Waals surface area contributed by atoms with E-state index in [-0.39, 0.29) is 49.4 Å².